The fourth-order valence-corrected chi connectivity index (χ4v) is 2.79. The van der Waals surface area contributed by atoms with E-state index >= 15 is 0 Å². The van der Waals surface area contributed by atoms with Crippen LogP contribution < -0.4 is 10.6 Å². The van der Waals surface area contributed by atoms with Crippen LogP contribution in [-0.2, 0) is 11.2 Å². The molecule has 1 aliphatic heterocycles. The molecule has 2 N–H and O–H groups in total. The Morgan fingerprint density at radius 3 is 2.86 bits per heavy atom. The quantitative estimate of drug-likeness (QED) is 0.759. The lowest BCUT2D eigenvalue weighted by atomic mass is 10.1. The third-order valence-electron chi connectivity index (χ3n) is 3.53. The highest BCUT2D eigenvalue weighted by Crippen LogP contribution is 2.17. The Hall–Kier alpha value is -0.980. The Balaban J connectivity index is 1.63. The molecule has 21 heavy (non-hydrogen) atoms. The van der Waals surface area contributed by atoms with Crippen LogP contribution in [0.2, 0.25) is 0 Å². The van der Waals surface area contributed by atoms with Gasteiger partial charge in [-0.3, -0.25) is 4.79 Å². The number of nitrogens with zero attached hydrogens (tertiary/aromatic N) is 1. The molecular weight excluding hydrogens is 337 g/mol. The van der Waals surface area contributed by atoms with Gasteiger partial charge in [-0.25, -0.2) is 4.39 Å². The summed E-state index contributed by atoms with van der Waals surface area (Å²) in [6, 6.07) is 4.66. The van der Waals surface area contributed by atoms with Crippen molar-refractivity contribution < 1.29 is 9.18 Å². The number of nitrogens with one attached hydrogen (secondary N) is 2. The van der Waals surface area contributed by atoms with Crippen LogP contribution in [0.25, 0.3) is 0 Å². The summed E-state index contributed by atoms with van der Waals surface area (Å²) in [5, 5.41) is 6.23. The van der Waals surface area contributed by atoms with E-state index in [0.717, 1.165) is 44.7 Å². The number of carbonyl (C=O) groups excluding carboxylic acids is 1. The SMILES string of the molecule is O=C(Cc1ccc(F)c(Br)c1)NCCCN1CCNCC1. The molecule has 0 spiro atoms. The van der Waals surface area contributed by atoms with Crippen molar-refractivity contribution >= 4 is 21.8 Å². The average Bonchev–Trinajstić information content (AvgIpc) is 2.49. The Bertz CT molecular complexity index is 478. The van der Waals surface area contributed by atoms with E-state index in [0.29, 0.717) is 11.0 Å². The summed E-state index contributed by atoms with van der Waals surface area (Å²) in [6.07, 6.45) is 1.24. The zero-order valence-corrected chi connectivity index (χ0v) is 13.6. The third kappa shape index (κ3) is 5.73. The lowest BCUT2D eigenvalue weighted by Crippen LogP contribution is -2.44. The first-order valence-corrected chi connectivity index (χ1v) is 8.08. The van der Waals surface area contributed by atoms with Crippen LogP contribution in [0.15, 0.2) is 22.7 Å². The maximum atomic E-state index is 13.1. The molecule has 0 aromatic heterocycles. The molecule has 1 aromatic rings. The van der Waals surface area contributed by atoms with Crippen molar-refractivity contribution in [3.8, 4) is 0 Å². The van der Waals surface area contributed by atoms with E-state index in [-0.39, 0.29) is 18.1 Å². The monoisotopic (exact) mass is 357 g/mol. The molecule has 0 aliphatic carbocycles. The van der Waals surface area contributed by atoms with Crippen molar-refractivity contribution in [1.82, 2.24) is 15.5 Å². The second kappa shape index (κ2) is 8.46. The molecule has 0 unspecified atom stereocenters. The number of hydrogen-bond donors (Lipinski definition) is 2. The van der Waals surface area contributed by atoms with Crippen molar-refractivity contribution in [2.24, 2.45) is 0 Å². The number of carbonyl (C=O) groups is 1. The zero-order valence-electron chi connectivity index (χ0n) is 12.0. The fraction of sp³-hybridized carbons (Fsp3) is 0.533. The largest absolute Gasteiger partial charge is 0.356 e. The number of rotatable bonds is 6. The van der Waals surface area contributed by atoms with Crippen LogP contribution in [0.1, 0.15) is 12.0 Å². The van der Waals surface area contributed by atoms with Gasteiger partial charge >= 0.3 is 0 Å². The van der Waals surface area contributed by atoms with Crippen LogP contribution in [0.4, 0.5) is 4.39 Å². The maximum Gasteiger partial charge on any atom is 0.224 e. The zero-order chi connectivity index (χ0) is 15.1. The van der Waals surface area contributed by atoms with Crippen molar-refractivity contribution in [2.45, 2.75) is 12.8 Å². The standard InChI is InChI=1S/C15H21BrFN3O/c16-13-10-12(2-3-14(13)17)11-15(21)19-4-1-7-20-8-5-18-6-9-20/h2-3,10,18H,1,4-9,11H2,(H,19,21). The van der Waals surface area contributed by atoms with Crippen LogP contribution >= 0.6 is 15.9 Å². The molecule has 1 fully saturated rings. The van der Waals surface area contributed by atoms with E-state index in [1.54, 1.807) is 12.1 Å². The van der Waals surface area contributed by atoms with Crippen LogP contribution in [0.3, 0.4) is 0 Å². The number of hydrogen-bond acceptors (Lipinski definition) is 3. The summed E-state index contributed by atoms with van der Waals surface area (Å²) in [5.41, 5.74) is 0.808. The van der Waals surface area contributed by atoms with Gasteiger partial charge < -0.3 is 15.5 Å². The van der Waals surface area contributed by atoms with Gasteiger partial charge in [0, 0.05) is 32.7 Å². The van der Waals surface area contributed by atoms with Gasteiger partial charge in [0.05, 0.1) is 10.9 Å². The van der Waals surface area contributed by atoms with Gasteiger partial charge in [0.25, 0.3) is 0 Å². The first-order valence-electron chi connectivity index (χ1n) is 7.29. The van der Waals surface area contributed by atoms with E-state index in [2.05, 4.69) is 31.5 Å². The molecule has 0 radical (unpaired) electrons. The van der Waals surface area contributed by atoms with Crippen molar-refractivity contribution in [1.29, 1.82) is 0 Å². The third-order valence-corrected chi connectivity index (χ3v) is 4.14. The first kappa shape index (κ1) is 16.4. The normalized spacial score (nSPS) is 15.9. The summed E-state index contributed by atoms with van der Waals surface area (Å²) < 4.78 is 13.5. The van der Waals surface area contributed by atoms with E-state index in [4.69, 9.17) is 0 Å². The first-order chi connectivity index (χ1) is 10.1. The highest BCUT2D eigenvalue weighted by molar-refractivity contribution is 9.10. The summed E-state index contributed by atoms with van der Waals surface area (Å²) in [4.78, 5) is 14.2. The van der Waals surface area contributed by atoms with Crippen molar-refractivity contribution in [3.05, 3.63) is 34.1 Å². The molecule has 0 bridgehead atoms. The van der Waals surface area contributed by atoms with Gasteiger partial charge in [0.1, 0.15) is 5.82 Å². The molecule has 1 saturated heterocycles. The minimum absolute atomic E-state index is 0.0196. The van der Waals surface area contributed by atoms with E-state index in [1.165, 1.54) is 6.07 Å². The second-order valence-corrected chi connectivity index (χ2v) is 6.07. The van der Waals surface area contributed by atoms with Crippen LogP contribution in [-0.4, -0.2) is 50.1 Å². The molecule has 116 valence electrons. The molecule has 1 aliphatic rings. The summed E-state index contributed by atoms with van der Waals surface area (Å²) in [7, 11) is 0. The minimum Gasteiger partial charge on any atom is -0.356 e. The Morgan fingerprint density at radius 2 is 2.14 bits per heavy atom. The molecule has 4 nitrogen and oxygen atoms in total. The van der Waals surface area contributed by atoms with Gasteiger partial charge in [-0.15, -0.1) is 0 Å². The summed E-state index contributed by atoms with van der Waals surface area (Å²) in [5.74, 6) is -0.330. The molecule has 1 heterocycles. The van der Waals surface area contributed by atoms with E-state index < -0.39 is 0 Å². The molecule has 0 saturated carbocycles. The number of halogens is 2. The predicted octanol–water partition coefficient (Wildman–Crippen LogP) is 1.54. The highest BCUT2D eigenvalue weighted by atomic mass is 79.9. The lowest BCUT2D eigenvalue weighted by molar-refractivity contribution is -0.120. The molecule has 1 aromatic carbocycles. The minimum atomic E-state index is -0.310. The average molecular weight is 358 g/mol. The summed E-state index contributed by atoms with van der Waals surface area (Å²) >= 11 is 3.13. The number of piperazine rings is 1. The molecular formula is C15H21BrFN3O. The van der Waals surface area contributed by atoms with Gasteiger partial charge in [0.2, 0.25) is 5.91 Å². The Labute approximate surface area is 133 Å². The van der Waals surface area contributed by atoms with Crippen LogP contribution in [0, 0.1) is 5.82 Å². The van der Waals surface area contributed by atoms with E-state index in [1.807, 2.05) is 0 Å². The Morgan fingerprint density at radius 1 is 1.38 bits per heavy atom. The van der Waals surface area contributed by atoms with Crippen molar-refractivity contribution in [2.75, 3.05) is 39.3 Å². The van der Waals surface area contributed by atoms with Gasteiger partial charge in [-0.2, -0.15) is 0 Å². The van der Waals surface area contributed by atoms with Crippen LogP contribution in [0.5, 0.6) is 0 Å². The molecule has 1 amide bonds. The highest BCUT2D eigenvalue weighted by Gasteiger charge is 2.09. The van der Waals surface area contributed by atoms with Gasteiger partial charge in [0.15, 0.2) is 0 Å². The fourth-order valence-electron chi connectivity index (χ4n) is 2.36. The maximum absolute atomic E-state index is 13.1. The lowest BCUT2D eigenvalue weighted by Gasteiger charge is -2.27. The topological polar surface area (TPSA) is 44.4 Å². The molecule has 0 atom stereocenters. The number of amides is 1. The van der Waals surface area contributed by atoms with Gasteiger partial charge in [-0.05, 0) is 46.6 Å². The smallest absolute Gasteiger partial charge is 0.224 e. The summed E-state index contributed by atoms with van der Waals surface area (Å²) in [6.45, 7) is 5.96. The predicted molar refractivity (Wildman–Crippen MR) is 84.7 cm³/mol. The molecule has 6 heteroatoms. The van der Waals surface area contributed by atoms with Crippen molar-refractivity contribution in [3.63, 3.8) is 0 Å². The second-order valence-electron chi connectivity index (χ2n) is 5.22. The Kier molecular flexibility index (Phi) is 6.60. The van der Waals surface area contributed by atoms with Gasteiger partial charge in [-0.1, -0.05) is 6.07 Å². The molecule has 2 rings (SSSR count). The number of benzene rings is 1. The van der Waals surface area contributed by atoms with E-state index in [9.17, 15) is 9.18 Å².